The van der Waals surface area contributed by atoms with Crippen molar-refractivity contribution in [2.75, 3.05) is 0 Å². The summed E-state index contributed by atoms with van der Waals surface area (Å²) in [6, 6.07) is 58.0. The lowest BCUT2D eigenvalue weighted by atomic mass is 9.77. The van der Waals surface area contributed by atoms with Crippen LogP contribution in [0.3, 0.4) is 0 Å². The molecule has 50 heavy (non-hydrogen) atoms. The van der Waals surface area contributed by atoms with Crippen molar-refractivity contribution in [1.82, 2.24) is 9.97 Å². The van der Waals surface area contributed by atoms with Crippen LogP contribution >= 0.6 is 15.9 Å². The largest absolute Gasteiger partial charge is 0.489 e. The van der Waals surface area contributed by atoms with Crippen molar-refractivity contribution in [1.29, 1.82) is 0 Å². The summed E-state index contributed by atoms with van der Waals surface area (Å²) < 4.78 is 1.12. The molecule has 0 unspecified atom stereocenters. The average molecular weight is 711 g/mol. The normalized spacial score (nSPS) is 11.1. The van der Waals surface area contributed by atoms with Crippen LogP contribution in [0.2, 0.25) is 0 Å². The van der Waals surface area contributed by atoms with E-state index in [0.717, 1.165) is 15.2 Å². The summed E-state index contributed by atoms with van der Waals surface area (Å²) in [6.45, 7) is 0. The Labute approximate surface area is 297 Å². The highest BCUT2D eigenvalue weighted by Gasteiger charge is 2.13. The highest BCUT2D eigenvalue weighted by molar-refractivity contribution is 9.10. The van der Waals surface area contributed by atoms with Crippen LogP contribution in [0.15, 0.2) is 174 Å². The number of para-hydroxylation sites is 2. The molecule has 10 rings (SSSR count). The quantitative estimate of drug-likeness (QED) is 0.135. The number of aromatic nitrogens is 2. The molecule has 0 bridgehead atoms. The molecule has 0 fully saturated rings. The van der Waals surface area contributed by atoms with Crippen LogP contribution < -0.4 is 5.46 Å². The van der Waals surface area contributed by atoms with Crippen LogP contribution in [0.5, 0.6) is 0 Å². The fraction of sp³-hybridized carbons (Fsp3) is 0. The number of benzene rings is 8. The third kappa shape index (κ3) is 6.17. The molecule has 0 saturated heterocycles. The molecule has 0 spiro atoms. The number of fused-ring (bicyclic) bond motifs is 8. The van der Waals surface area contributed by atoms with E-state index in [-0.39, 0.29) is 0 Å². The smallest absolute Gasteiger partial charge is 0.423 e. The zero-order valence-corrected chi connectivity index (χ0v) is 28.6. The van der Waals surface area contributed by atoms with Gasteiger partial charge in [0.25, 0.3) is 0 Å². The molecule has 6 heteroatoms. The lowest BCUT2D eigenvalue weighted by Crippen LogP contribution is -2.30. The molecule has 0 aliphatic carbocycles. The summed E-state index contributed by atoms with van der Waals surface area (Å²) in [6.07, 6.45) is 0. The number of halogens is 1. The third-order valence-corrected chi connectivity index (χ3v) is 9.67. The molecule has 0 amide bonds. The maximum Gasteiger partial charge on any atom is 0.489 e. The van der Waals surface area contributed by atoms with Crippen molar-refractivity contribution in [3.8, 4) is 11.1 Å². The van der Waals surface area contributed by atoms with Gasteiger partial charge in [-0.15, -0.1) is 0 Å². The predicted molar refractivity (Wildman–Crippen MR) is 216 cm³/mol. The van der Waals surface area contributed by atoms with Crippen molar-refractivity contribution in [2.45, 2.75) is 0 Å². The number of H-pyrrole nitrogens is 2. The summed E-state index contributed by atoms with van der Waals surface area (Å²) in [5.41, 5.74) is 7.87. The number of nitrogens with one attached hydrogen (secondary N) is 2. The first-order chi connectivity index (χ1) is 24.5. The Morgan fingerprint density at radius 1 is 0.400 bits per heavy atom. The molecule has 2 aromatic heterocycles. The topological polar surface area (TPSA) is 72.0 Å². The van der Waals surface area contributed by atoms with Crippen molar-refractivity contribution >= 4 is 93.7 Å². The molecule has 0 radical (unpaired) electrons. The Hall–Kier alpha value is -5.66. The van der Waals surface area contributed by atoms with Gasteiger partial charge in [-0.3, -0.25) is 0 Å². The fourth-order valence-electron chi connectivity index (χ4n) is 6.79. The van der Waals surface area contributed by atoms with Gasteiger partial charge < -0.3 is 20.0 Å². The average Bonchev–Trinajstić information content (AvgIpc) is 3.72. The summed E-state index contributed by atoms with van der Waals surface area (Å²) in [5.74, 6) is 0. The second-order valence-electron chi connectivity index (χ2n) is 12.3. The van der Waals surface area contributed by atoms with Crippen molar-refractivity contribution in [3.05, 3.63) is 174 Å². The summed E-state index contributed by atoms with van der Waals surface area (Å²) in [7, 11) is -1.40. The van der Waals surface area contributed by atoms with E-state index in [1.165, 1.54) is 65.5 Å². The van der Waals surface area contributed by atoms with E-state index < -0.39 is 7.12 Å². The van der Waals surface area contributed by atoms with Gasteiger partial charge in [-0.25, -0.2) is 0 Å². The van der Waals surface area contributed by atoms with E-state index >= 15 is 0 Å². The second-order valence-corrected chi connectivity index (χ2v) is 13.2. The van der Waals surface area contributed by atoms with Gasteiger partial charge >= 0.3 is 7.12 Å². The molecule has 8 aromatic carbocycles. The van der Waals surface area contributed by atoms with E-state index in [1.807, 2.05) is 42.5 Å². The molecule has 0 atom stereocenters. The van der Waals surface area contributed by atoms with Gasteiger partial charge in [0.05, 0.1) is 0 Å². The Morgan fingerprint density at radius 3 is 1.54 bits per heavy atom. The maximum atomic E-state index is 9.08. The first-order valence-electron chi connectivity index (χ1n) is 16.5. The van der Waals surface area contributed by atoms with E-state index in [2.05, 4.69) is 147 Å². The van der Waals surface area contributed by atoms with E-state index in [9.17, 15) is 0 Å². The Balaban J connectivity index is 0.000000115. The standard InChI is InChI=1S/C22H15N.C12H8BrN.C10H9BO2/c1-2-8-17-15(6-1)7-5-10-18(17)16-12-13-22-20(14-16)19-9-3-4-11-21(19)23-22;13-8-5-6-12-10(7-8)9-3-1-2-4-11(9)14-12;12-11(13)10-7-3-5-8-4-1-2-6-9(8)10/h1-14,23H;1-7,14H;1-7,12-13H. The first kappa shape index (κ1) is 31.6. The molecule has 240 valence electrons. The Morgan fingerprint density at radius 2 is 0.880 bits per heavy atom. The number of hydrogen-bond donors (Lipinski definition) is 4. The van der Waals surface area contributed by atoms with Gasteiger partial charge in [-0.05, 0) is 80.6 Å². The minimum Gasteiger partial charge on any atom is -0.423 e. The molecule has 0 aliphatic rings. The van der Waals surface area contributed by atoms with Crippen LogP contribution in [-0.4, -0.2) is 27.1 Å². The highest BCUT2D eigenvalue weighted by Crippen LogP contribution is 2.33. The number of aromatic amines is 2. The molecular weight excluding hydrogens is 679 g/mol. The Kier molecular flexibility index (Phi) is 8.65. The lowest BCUT2D eigenvalue weighted by molar-refractivity contribution is 0.426. The number of rotatable bonds is 2. The highest BCUT2D eigenvalue weighted by atomic mass is 79.9. The van der Waals surface area contributed by atoms with Gasteiger partial charge in [0.15, 0.2) is 0 Å². The fourth-order valence-corrected chi connectivity index (χ4v) is 7.15. The minimum absolute atomic E-state index is 0.554. The van der Waals surface area contributed by atoms with Gasteiger partial charge in [0, 0.05) is 48.1 Å². The van der Waals surface area contributed by atoms with Gasteiger partial charge in [0.1, 0.15) is 0 Å². The van der Waals surface area contributed by atoms with E-state index in [1.54, 1.807) is 6.07 Å². The van der Waals surface area contributed by atoms with E-state index in [4.69, 9.17) is 10.0 Å². The summed E-state index contributed by atoms with van der Waals surface area (Å²) >= 11 is 3.49. The third-order valence-electron chi connectivity index (χ3n) is 9.18. The zero-order valence-electron chi connectivity index (χ0n) is 27.0. The van der Waals surface area contributed by atoms with Crippen LogP contribution in [0.4, 0.5) is 0 Å². The Bertz CT molecular complexity index is 2770. The molecule has 2 heterocycles. The van der Waals surface area contributed by atoms with Crippen LogP contribution in [0.1, 0.15) is 0 Å². The number of hydrogen-bond acceptors (Lipinski definition) is 2. The molecule has 0 aliphatic heterocycles. The van der Waals surface area contributed by atoms with Crippen molar-refractivity contribution < 1.29 is 10.0 Å². The monoisotopic (exact) mass is 710 g/mol. The SMILES string of the molecule is Brc1ccc2[nH]c3ccccc3c2c1.OB(O)c1cccc2ccccc12.c1ccc2c(-c3ccc4[nH]c5ccccc5c4c3)cccc2c1. The summed E-state index contributed by atoms with van der Waals surface area (Å²) in [5, 5.41) is 27.8. The maximum absolute atomic E-state index is 9.08. The molecule has 4 N–H and O–H groups in total. The van der Waals surface area contributed by atoms with Crippen molar-refractivity contribution in [2.24, 2.45) is 0 Å². The van der Waals surface area contributed by atoms with Gasteiger partial charge in [0.2, 0.25) is 0 Å². The van der Waals surface area contributed by atoms with Crippen LogP contribution in [-0.2, 0) is 0 Å². The molecular formula is C44H32BBrN2O2. The minimum atomic E-state index is -1.40. The van der Waals surface area contributed by atoms with Gasteiger partial charge in [-0.2, -0.15) is 0 Å². The summed E-state index contributed by atoms with van der Waals surface area (Å²) in [4.78, 5) is 6.88. The predicted octanol–water partition coefficient (Wildman–Crippen LogP) is 10.7. The van der Waals surface area contributed by atoms with Gasteiger partial charge in [-0.1, -0.05) is 143 Å². The van der Waals surface area contributed by atoms with Crippen LogP contribution in [0.25, 0.3) is 76.3 Å². The van der Waals surface area contributed by atoms with Crippen molar-refractivity contribution in [3.63, 3.8) is 0 Å². The van der Waals surface area contributed by atoms with E-state index in [0.29, 0.717) is 5.46 Å². The molecule has 10 aromatic rings. The van der Waals surface area contributed by atoms with Crippen LogP contribution in [0, 0.1) is 0 Å². The second kappa shape index (κ2) is 13.7. The lowest BCUT2D eigenvalue weighted by Gasteiger charge is -2.07. The molecule has 0 saturated carbocycles. The first-order valence-corrected chi connectivity index (χ1v) is 17.3. The zero-order chi connectivity index (χ0) is 34.0. The molecule has 4 nitrogen and oxygen atoms in total.